The molecule has 1 fully saturated rings. The fourth-order valence-electron chi connectivity index (χ4n) is 2.80. The third kappa shape index (κ3) is 3.96. The number of nitrogens with one attached hydrogen (secondary N) is 2. The van der Waals surface area contributed by atoms with Crippen molar-refractivity contribution in [2.75, 3.05) is 6.54 Å². The van der Waals surface area contributed by atoms with Crippen LogP contribution >= 0.6 is 34.8 Å². The fraction of sp³-hybridized carbons (Fsp3) is 0.105. The highest BCUT2D eigenvalue weighted by molar-refractivity contribution is 14.1. The van der Waals surface area contributed by atoms with Crippen molar-refractivity contribution in [3.8, 4) is 11.3 Å². The number of aromatic amines is 1. The van der Waals surface area contributed by atoms with Crippen LogP contribution in [0.1, 0.15) is 11.5 Å². The van der Waals surface area contributed by atoms with Crippen LogP contribution in [0.2, 0.25) is 0 Å². The molecular formula is C19H15IN4O2S. The minimum absolute atomic E-state index is 0.160. The number of halogens is 1. The Morgan fingerprint density at radius 3 is 2.96 bits per heavy atom. The smallest absolute Gasteiger partial charge is 0.276 e. The quantitative estimate of drug-likeness (QED) is 0.325. The van der Waals surface area contributed by atoms with Crippen LogP contribution in [0, 0.1) is 3.57 Å². The summed E-state index contributed by atoms with van der Waals surface area (Å²) in [5.74, 6) is 1.19. The number of amides is 1. The first kappa shape index (κ1) is 17.9. The molecule has 0 atom stereocenters. The second-order valence-corrected chi connectivity index (χ2v) is 7.62. The number of hydrogen-bond donors (Lipinski definition) is 2. The average molecular weight is 490 g/mol. The second kappa shape index (κ2) is 7.65. The number of rotatable bonds is 5. The van der Waals surface area contributed by atoms with E-state index in [-0.39, 0.29) is 5.91 Å². The van der Waals surface area contributed by atoms with E-state index >= 15 is 0 Å². The second-order valence-electron chi connectivity index (χ2n) is 5.98. The summed E-state index contributed by atoms with van der Waals surface area (Å²) >= 11 is 7.56. The first-order valence-corrected chi connectivity index (χ1v) is 9.76. The van der Waals surface area contributed by atoms with Gasteiger partial charge >= 0.3 is 0 Å². The number of benzene rings is 1. The summed E-state index contributed by atoms with van der Waals surface area (Å²) in [5.41, 5.74) is 2.36. The van der Waals surface area contributed by atoms with E-state index in [9.17, 15) is 4.79 Å². The van der Waals surface area contributed by atoms with Crippen molar-refractivity contribution in [3.05, 3.63) is 69.6 Å². The zero-order valence-electron chi connectivity index (χ0n) is 14.1. The molecule has 27 heavy (non-hydrogen) atoms. The Morgan fingerprint density at radius 1 is 1.30 bits per heavy atom. The number of hydrogen-bond acceptors (Lipinski definition) is 4. The Morgan fingerprint density at radius 2 is 2.19 bits per heavy atom. The van der Waals surface area contributed by atoms with Crippen molar-refractivity contribution in [2.45, 2.75) is 6.42 Å². The average Bonchev–Trinajstić information content (AvgIpc) is 3.37. The standard InChI is InChI=1S/C19H15IN4O2S/c20-13-3-1-2-12(8-13)17-5-4-15(26-17)9-16-18(25)24(19(27)23-16)7-6-14-10-21-11-22-14/h1-5,8-11H,6-7H2,(H,21,22)(H,23,27)/b16-9+. The molecule has 1 saturated heterocycles. The van der Waals surface area contributed by atoms with Crippen LogP contribution in [0.3, 0.4) is 0 Å². The van der Waals surface area contributed by atoms with E-state index in [0.29, 0.717) is 29.5 Å². The van der Waals surface area contributed by atoms with Crippen molar-refractivity contribution in [3.63, 3.8) is 0 Å². The lowest BCUT2D eigenvalue weighted by Crippen LogP contribution is -2.32. The van der Waals surface area contributed by atoms with Crippen LogP contribution in [0.4, 0.5) is 0 Å². The Balaban J connectivity index is 1.49. The lowest BCUT2D eigenvalue weighted by molar-refractivity contribution is -0.122. The highest BCUT2D eigenvalue weighted by Crippen LogP contribution is 2.25. The largest absolute Gasteiger partial charge is 0.457 e. The molecule has 3 aromatic rings. The molecule has 0 bridgehead atoms. The van der Waals surface area contributed by atoms with Crippen LogP contribution in [0.5, 0.6) is 0 Å². The van der Waals surface area contributed by atoms with Gasteiger partial charge in [-0.15, -0.1) is 0 Å². The molecule has 1 aromatic carbocycles. The molecule has 2 aromatic heterocycles. The van der Waals surface area contributed by atoms with Gasteiger partial charge in [0.15, 0.2) is 5.11 Å². The number of nitrogens with zero attached hydrogens (tertiary/aromatic N) is 2. The van der Waals surface area contributed by atoms with E-state index in [1.807, 2.05) is 36.4 Å². The number of imidazole rings is 1. The van der Waals surface area contributed by atoms with Gasteiger partial charge in [-0.2, -0.15) is 0 Å². The summed E-state index contributed by atoms with van der Waals surface area (Å²) in [7, 11) is 0. The van der Waals surface area contributed by atoms with Gasteiger partial charge in [0.2, 0.25) is 0 Å². The predicted octanol–water partition coefficient (Wildman–Crippen LogP) is 3.57. The summed E-state index contributed by atoms with van der Waals surface area (Å²) in [5, 5.41) is 3.37. The maximum atomic E-state index is 12.6. The Labute approximate surface area is 174 Å². The van der Waals surface area contributed by atoms with Gasteiger partial charge < -0.3 is 14.7 Å². The normalized spacial score (nSPS) is 15.6. The topological polar surface area (TPSA) is 74.2 Å². The van der Waals surface area contributed by atoms with E-state index in [1.165, 1.54) is 0 Å². The highest BCUT2D eigenvalue weighted by Gasteiger charge is 2.30. The number of aromatic nitrogens is 2. The summed E-state index contributed by atoms with van der Waals surface area (Å²) in [6, 6.07) is 11.8. The molecule has 3 heterocycles. The van der Waals surface area contributed by atoms with Gasteiger partial charge in [0.1, 0.15) is 17.2 Å². The van der Waals surface area contributed by atoms with Crippen LogP contribution in [-0.4, -0.2) is 32.4 Å². The number of thiocarbonyl (C=S) groups is 1. The molecule has 136 valence electrons. The number of carbonyl (C=O) groups excluding carboxylic acids is 1. The Hall–Kier alpha value is -2.46. The van der Waals surface area contributed by atoms with Gasteiger partial charge in [-0.3, -0.25) is 9.69 Å². The third-order valence-electron chi connectivity index (χ3n) is 4.14. The molecule has 2 N–H and O–H groups in total. The maximum Gasteiger partial charge on any atom is 0.276 e. The lowest BCUT2D eigenvalue weighted by Gasteiger charge is -2.12. The molecule has 4 rings (SSSR count). The Kier molecular flexibility index (Phi) is 5.08. The molecule has 1 aliphatic rings. The van der Waals surface area contributed by atoms with Crippen molar-refractivity contribution >= 4 is 51.9 Å². The predicted molar refractivity (Wildman–Crippen MR) is 115 cm³/mol. The van der Waals surface area contributed by atoms with E-state index in [2.05, 4.69) is 37.9 Å². The van der Waals surface area contributed by atoms with Gasteiger partial charge in [-0.1, -0.05) is 12.1 Å². The first-order chi connectivity index (χ1) is 13.1. The van der Waals surface area contributed by atoms with Crippen LogP contribution in [-0.2, 0) is 11.2 Å². The molecular weight excluding hydrogens is 475 g/mol. The molecule has 1 amide bonds. The van der Waals surface area contributed by atoms with Crippen molar-refractivity contribution in [2.24, 2.45) is 0 Å². The zero-order valence-corrected chi connectivity index (χ0v) is 17.1. The molecule has 0 spiro atoms. The number of H-pyrrole nitrogens is 1. The minimum Gasteiger partial charge on any atom is -0.457 e. The van der Waals surface area contributed by atoms with Crippen molar-refractivity contribution in [1.82, 2.24) is 20.2 Å². The van der Waals surface area contributed by atoms with Gasteiger partial charge in [0, 0.05) is 40.1 Å². The van der Waals surface area contributed by atoms with Gasteiger partial charge in [-0.25, -0.2) is 4.98 Å². The van der Waals surface area contributed by atoms with Crippen molar-refractivity contribution < 1.29 is 9.21 Å². The first-order valence-electron chi connectivity index (χ1n) is 8.28. The van der Waals surface area contributed by atoms with E-state index in [4.69, 9.17) is 16.6 Å². The molecule has 1 aliphatic heterocycles. The summed E-state index contributed by atoms with van der Waals surface area (Å²) in [6.45, 7) is 0.482. The van der Waals surface area contributed by atoms with E-state index in [0.717, 1.165) is 20.6 Å². The number of furan rings is 1. The summed E-state index contributed by atoms with van der Waals surface area (Å²) in [6.07, 6.45) is 5.69. The maximum absolute atomic E-state index is 12.6. The molecule has 0 radical (unpaired) electrons. The van der Waals surface area contributed by atoms with Crippen LogP contribution in [0.15, 0.2) is 59.0 Å². The van der Waals surface area contributed by atoms with Gasteiger partial charge in [-0.05, 0) is 59.1 Å². The lowest BCUT2D eigenvalue weighted by atomic mass is 10.2. The molecule has 6 nitrogen and oxygen atoms in total. The van der Waals surface area contributed by atoms with E-state index in [1.54, 1.807) is 23.5 Å². The molecule has 0 aliphatic carbocycles. The zero-order chi connectivity index (χ0) is 18.8. The highest BCUT2D eigenvalue weighted by atomic mass is 127. The Bertz CT molecular complexity index is 1030. The molecule has 0 unspecified atom stereocenters. The summed E-state index contributed by atoms with van der Waals surface area (Å²) < 4.78 is 7.01. The molecule has 8 heteroatoms. The monoisotopic (exact) mass is 490 g/mol. The van der Waals surface area contributed by atoms with Crippen LogP contribution in [0.25, 0.3) is 17.4 Å². The number of carbonyl (C=O) groups is 1. The minimum atomic E-state index is -0.160. The summed E-state index contributed by atoms with van der Waals surface area (Å²) in [4.78, 5) is 21.2. The third-order valence-corrected chi connectivity index (χ3v) is 5.14. The fourth-order valence-corrected chi connectivity index (χ4v) is 3.63. The van der Waals surface area contributed by atoms with E-state index < -0.39 is 0 Å². The SMILES string of the molecule is O=C1/C(=C\c2ccc(-c3cccc(I)c3)o2)NC(=S)N1CCc1cnc[nH]1. The molecule has 0 saturated carbocycles. The van der Waals surface area contributed by atoms with Crippen LogP contribution < -0.4 is 5.32 Å². The van der Waals surface area contributed by atoms with Gasteiger partial charge in [0.05, 0.1) is 6.33 Å². The van der Waals surface area contributed by atoms with Gasteiger partial charge in [0.25, 0.3) is 5.91 Å². The van der Waals surface area contributed by atoms with Crippen molar-refractivity contribution in [1.29, 1.82) is 0 Å².